The van der Waals surface area contributed by atoms with E-state index in [0.717, 1.165) is 59.3 Å². The van der Waals surface area contributed by atoms with Crippen LogP contribution in [0.5, 0.6) is 0 Å². The molecule has 2 unspecified atom stereocenters. The van der Waals surface area contributed by atoms with Crippen LogP contribution in [0.3, 0.4) is 0 Å². The zero-order valence-corrected chi connectivity index (χ0v) is 24.9. The number of nitrogens with two attached hydrogens (primary N) is 1. The first-order valence-electron chi connectivity index (χ1n) is 14.5. The van der Waals surface area contributed by atoms with Crippen molar-refractivity contribution < 1.29 is 9.59 Å². The Morgan fingerprint density at radius 3 is 2.73 bits per heavy atom. The number of nitrogen functional groups attached to an aromatic ring is 1. The predicted octanol–water partition coefficient (Wildman–Crippen LogP) is 5.61. The number of hydrogen-bond acceptors (Lipinski definition) is 8. The second-order valence-electron chi connectivity index (χ2n) is 11.0. The van der Waals surface area contributed by atoms with Crippen molar-refractivity contribution >= 4 is 40.0 Å². The first-order valence-corrected chi connectivity index (χ1v) is 15.4. The van der Waals surface area contributed by atoms with Crippen LogP contribution in [0.4, 0.5) is 10.9 Å². The zero-order valence-electron chi connectivity index (χ0n) is 24.1. The van der Waals surface area contributed by atoms with Gasteiger partial charge in [-0.1, -0.05) is 38.1 Å². The van der Waals surface area contributed by atoms with Gasteiger partial charge < -0.3 is 16.0 Å². The quantitative estimate of drug-likeness (QED) is 0.235. The molecule has 1 saturated heterocycles. The summed E-state index contributed by atoms with van der Waals surface area (Å²) >= 11 is 1.83. The fourth-order valence-corrected chi connectivity index (χ4v) is 6.94. The molecule has 4 heterocycles. The van der Waals surface area contributed by atoms with Crippen molar-refractivity contribution in [3.8, 4) is 11.3 Å². The minimum absolute atomic E-state index is 0.140. The molecule has 1 amide bonds. The van der Waals surface area contributed by atoms with Crippen molar-refractivity contribution in [2.24, 2.45) is 5.92 Å². The Bertz CT molecular complexity index is 1510. The fraction of sp³-hybridized carbons (Fsp3) is 0.452. The number of carbonyl (C=O) groups is 2. The lowest BCUT2D eigenvalue weighted by Gasteiger charge is -2.32. The van der Waals surface area contributed by atoms with Crippen LogP contribution in [0, 0.1) is 5.92 Å². The summed E-state index contributed by atoms with van der Waals surface area (Å²) in [7, 11) is 1.95. The number of hydrogen-bond donors (Lipinski definition) is 2. The molecule has 0 bridgehead atoms. The Labute approximate surface area is 245 Å². The minimum Gasteiger partial charge on any atom is -0.382 e. The van der Waals surface area contributed by atoms with Gasteiger partial charge in [-0.3, -0.25) is 14.0 Å². The van der Waals surface area contributed by atoms with Gasteiger partial charge in [0.2, 0.25) is 5.91 Å². The summed E-state index contributed by atoms with van der Waals surface area (Å²) in [5, 5.41) is 4.21. The Kier molecular flexibility index (Phi) is 8.97. The Balaban J connectivity index is 0.000000216. The summed E-state index contributed by atoms with van der Waals surface area (Å²) in [5.74, 6) is 2.46. The van der Waals surface area contributed by atoms with Crippen LogP contribution in [-0.2, 0) is 17.6 Å². The molecule has 3 N–H and O–H groups in total. The zero-order chi connectivity index (χ0) is 28.9. The Morgan fingerprint density at radius 1 is 1.20 bits per heavy atom. The summed E-state index contributed by atoms with van der Waals surface area (Å²) in [4.78, 5) is 40.3. The summed E-state index contributed by atoms with van der Waals surface area (Å²) in [6, 6.07) is 7.27. The molecule has 1 aliphatic heterocycles. The van der Waals surface area contributed by atoms with Gasteiger partial charge in [-0.25, -0.2) is 15.0 Å². The van der Waals surface area contributed by atoms with Crippen molar-refractivity contribution in [2.75, 3.05) is 31.2 Å². The third-order valence-corrected chi connectivity index (χ3v) is 9.15. The molecule has 0 spiro atoms. The molecule has 1 aromatic carbocycles. The number of aryl methyl sites for hydroxylation is 1. The number of rotatable bonds is 5. The SMILES string of the molecule is CCC(=O)N1CCCC(c2nc(-c3ccc(C=O)cc3)c3c(N)nccn23)C1.CNc1nc2c(s1)CC(C)CCC2. The van der Waals surface area contributed by atoms with Crippen LogP contribution in [0.15, 0.2) is 36.7 Å². The van der Waals surface area contributed by atoms with Gasteiger partial charge >= 0.3 is 0 Å². The summed E-state index contributed by atoms with van der Waals surface area (Å²) < 4.78 is 2.00. The largest absolute Gasteiger partial charge is 0.382 e. The van der Waals surface area contributed by atoms with E-state index in [-0.39, 0.29) is 11.8 Å². The summed E-state index contributed by atoms with van der Waals surface area (Å²) in [5.41, 5.74) is 10.5. The normalized spacial score (nSPS) is 18.7. The van der Waals surface area contributed by atoms with E-state index in [4.69, 9.17) is 10.7 Å². The van der Waals surface area contributed by atoms with E-state index in [1.54, 1.807) is 18.3 Å². The van der Waals surface area contributed by atoms with Crippen LogP contribution in [-0.4, -0.2) is 56.6 Å². The molecule has 10 heteroatoms. The van der Waals surface area contributed by atoms with Gasteiger partial charge in [0.15, 0.2) is 5.13 Å². The van der Waals surface area contributed by atoms with E-state index in [9.17, 15) is 9.59 Å². The smallest absolute Gasteiger partial charge is 0.222 e. The third kappa shape index (κ3) is 6.27. The molecule has 9 nitrogen and oxygen atoms in total. The molecule has 1 aliphatic carbocycles. The second kappa shape index (κ2) is 12.8. The number of thiazole rings is 1. The monoisotopic (exact) mass is 573 g/mol. The minimum atomic E-state index is 0.140. The van der Waals surface area contributed by atoms with Gasteiger partial charge in [-0.05, 0) is 44.4 Å². The maximum atomic E-state index is 12.2. The number of aldehydes is 1. The average Bonchev–Trinajstić information content (AvgIpc) is 3.54. The number of nitrogens with one attached hydrogen (secondary N) is 1. The fourth-order valence-electron chi connectivity index (χ4n) is 5.82. The van der Waals surface area contributed by atoms with Gasteiger partial charge in [0.05, 0.1) is 5.69 Å². The molecule has 3 aromatic heterocycles. The van der Waals surface area contributed by atoms with Gasteiger partial charge in [0.1, 0.15) is 29.1 Å². The average molecular weight is 574 g/mol. The molecule has 2 atom stereocenters. The number of aromatic nitrogens is 4. The van der Waals surface area contributed by atoms with Crippen LogP contribution in [0.1, 0.15) is 78.6 Å². The maximum Gasteiger partial charge on any atom is 0.222 e. The van der Waals surface area contributed by atoms with E-state index in [1.807, 2.05) is 52.9 Å². The van der Waals surface area contributed by atoms with Crippen molar-refractivity contribution in [2.45, 2.75) is 64.7 Å². The summed E-state index contributed by atoms with van der Waals surface area (Å²) in [6.07, 6.45) is 11.9. The maximum absolute atomic E-state index is 12.2. The van der Waals surface area contributed by atoms with E-state index < -0.39 is 0 Å². The molecule has 216 valence electrons. The Morgan fingerprint density at radius 2 is 2.00 bits per heavy atom. The van der Waals surface area contributed by atoms with Gasteiger partial charge in [-0.2, -0.15) is 0 Å². The van der Waals surface area contributed by atoms with Crippen molar-refractivity contribution in [1.82, 2.24) is 24.3 Å². The molecular weight excluding hydrogens is 534 g/mol. The van der Waals surface area contributed by atoms with E-state index in [2.05, 4.69) is 22.2 Å². The number of imidazole rings is 1. The van der Waals surface area contributed by atoms with Crippen LogP contribution < -0.4 is 11.1 Å². The van der Waals surface area contributed by atoms with E-state index >= 15 is 0 Å². The topological polar surface area (TPSA) is 119 Å². The number of likely N-dealkylation sites (tertiary alicyclic amines) is 1. The lowest BCUT2D eigenvalue weighted by Crippen LogP contribution is -2.39. The highest BCUT2D eigenvalue weighted by molar-refractivity contribution is 7.15. The van der Waals surface area contributed by atoms with Gasteiger partial charge in [0, 0.05) is 60.9 Å². The number of benzene rings is 1. The standard InChI is InChI=1S/C21H23N5O2.C10H16N2S/c1-2-17(28)25-10-3-4-16(12-25)21-24-18(15-7-5-14(13-27)6-8-15)19-20(22)23-9-11-26(19)21;1-7-4-3-5-8-9(6-7)13-10(11-2)12-8/h5-9,11,13,16H,2-4,10,12H2,1H3,(H2,22,23);7H,3-6H2,1-2H3,(H,11,12). The molecule has 4 aromatic rings. The number of anilines is 2. The van der Waals surface area contributed by atoms with Crippen molar-refractivity contribution in [3.05, 3.63) is 58.6 Å². The molecule has 0 radical (unpaired) electrons. The first kappa shape index (κ1) is 28.7. The highest BCUT2D eigenvalue weighted by Gasteiger charge is 2.28. The van der Waals surface area contributed by atoms with Crippen molar-refractivity contribution in [1.29, 1.82) is 0 Å². The van der Waals surface area contributed by atoms with Gasteiger partial charge in [0.25, 0.3) is 0 Å². The number of carbonyl (C=O) groups excluding carboxylic acids is 2. The highest BCUT2D eigenvalue weighted by Crippen LogP contribution is 2.34. The predicted molar refractivity (Wildman–Crippen MR) is 165 cm³/mol. The number of amides is 1. The van der Waals surface area contributed by atoms with Gasteiger partial charge in [-0.15, -0.1) is 11.3 Å². The summed E-state index contributed by atoms with van der Waals surface area (Å²) in [6.45, 7) is 5.70. The Hall–Kier alpha value is -3.79. The lowest BCUT2D eigenvalue weighted by molar-refractivity contribution is -0.132. The van der Waals surface area contributed by atoms with E-state index in [0.29, 0.717) is 24.3 Å². The number of nitrogens with zero attached hydrogens (tertiary/aromatic N) is 5. The van der Waals surface area contributed by atoms with E-state index in [1.165, 1.54) is 36.3 Å². The second-order valence-corrected chi connectivity index (χ2v) is 12.0. The molecule has 6 rings (SSSR count). The number of piperidine rings is 1. The molecule has 1 fully saturated rings. The molecule has 2 aliphatic rings. The molecule has 41 heavy (non-hydrogen) atoms. The van der Waals surface area contributed by atoms with Crippen LogP contribution in [0.2, 0.25) is 0 Å². The molecular formula is C31H39N7O2S. The van der Waals surface area contributed by atoms with Crippen LogP contribution >= 0.6 is 11.3 Å². The molecule has 0 saturated carbocycles. The lowest BCUT2D eigenvalue weighted by atomic mass is 9.97. The van der Waals surface area contributed by atoms with Crippen LogP contribution in [0.25, 0.3) is 16.8 Å². The number of fused-ring (bicyclic) bond motifs is 2. The third-order valence-electron chi connectivity index (χ3n) is 8.01. The first-order chi connectivity index (χ1) is 19.9. The van der Waals surface area contributed by atoms with Crippen molar-refractivity contribution in [3.63, 3.8) is 0 Å². The highest BCUT2D eigenvalue weighted by atomic mass is 32.1.